The Kier molecular flexibility index (Phi) is 7.34. The van der Waals surface area contributed by atoms with Gasteiger partial charge in [0.05, 0.1) is 30.2 Å². The predicted molar refractivity (Wildman–Crippen MR) is 147 cm³/mol. The summed E-state index contributed by atoms with van der Waals surface area (Å²) in [5.74, 6) is -0.169. The van der Waals surface area contributed by atoms with Gasteiger partial charge in [-0.1, -0.05) is 18.2 Å². The molecule has 3 heterocycles. The van der Waals surface area contributed by atoms with Crippen molar-refractivity contribution in [2.24, 2.45) is 0 Å². The van der Waals surface area contributed by atoms with Crippen molar-refractivity contribution in [3.05, 3.63) is 102 Å². The van der Waals surface area contributed by atoms with Crippen molar-refractivity contribution in [3.8, 4) is 11.4 Å². The van der Waals surface area contributed by atoms with Crippen LogP contribution in [0.5, 0.6) is 5.75 Å². The minimum Gasteiger partial charge on any atom is -0.495 e. The number of halogens is 1. The monoisotopic (exact) mass is 531 g/mol. The first kappa shape index (κ1) is 25.4. The number of rotatable bonds is 8. The molecule has 1 aliphatic heterocycles. The number of para-hydroxylation sites is 1. The topological polar surface area (TPSA) is 80.7 Å². The third kappa shape index (κ3) is 4.83. The zero-order chi connectivity index (χ0) is 26.6. The molecular formula is C28H26FN5O3S. The lowest BCUT2D eigenvalue weighted by atomic mass is 10.0. The molecule has 0 radical (unpaired) electrons. The molecular weight excluding hydrogens is 505 g/mol. The maximum atomic E-state index is 14.9. The first-order chi connectivity index (χ1) is 18.5. The van der Waals surface area contributed by atoms with Gasteiger partial charge in [-0.25, -0.2) is 4.39 Å². The largest absolute Gasteiger partial charge is 0.495 e. The molecule has 10 heteroatoms. The number of pyridine rings is 1. The SMILES string of the molecule is COCC(=O)Nc1cc(N2C(=S)N[C@H](c3ccccn3)[C@@H]2c2cccn2-c2ccccc2F)ccc1OC. The molecule has 1 saturated heterocycles. The average Bonchev–Trinajstić information content (AvgIpc) is 3.53. The van der Waals surface area contributed by atoms with Crippen LogP contribution >= 0.6 is 12.2 Å². The fraction of sp³-hybridized carbons (Fsp3) is 0.179. The molecule has 0 aliphatic carbocycles. The van der Waals surface area contributed by atoms with Crippen molar-refractivity contribution in [3.63, 3.8) is 0 Å². The van der Waals surface area contributed by atoms with Crippen LogP contribution in [0, 0.1) is 5.82 Å². The second kappa shape index (κ2) is 11.0. The van der Waals surface area contributed by atoms with Crippen LogP contribution in [-0.2, 0) is 9.53 Å². The van der Waals surface area contributed by atoms with E-state index in [0.29, 0.717) is 27.9 Å². The number of hydrogen-bond acceptors (Lipinski definition) is 5. The summed E-state index contributed by atoms with van der Waals surface area (Å²) in [6.45, 7) is -0.0996. The molecule has 8 nitrogen and oxygen atoms in total. The fourth-order valence-corrected chi connectivity index (χ4v) is 5.04. The molecule has 0 bridgehead atoms. The van der Waals surface area contributed by atoms with Crippen LogP contribution in [0.25, 0.3) is 5.69 Å². The number of methoxy groups -OCH3 is 2. The van der Waals surface area contributed by atoms with E-state index >= 15 is 0 Å². The number of hydrogen-bond donors (Lipinski definition) is 2. The molecule has 38 heavy (non-hydrogen) atoms. The number of aromatic nitrogens is 2. The van der Waals surface area contributed by atoms with Gasteiger partial charge in [-0.3, -0.25) is 9.78 Å². The first-order valence-corrected chi connectivity index (χ1v) is 12.3. The fourth-order valence-electron chi connectivity index (χ4n) is 4.70. The molecule has 0 unspecified atom stereocenters. The smallest absolute Gasteiger partial charge is 0.250 e. The Bertz CT molecular complexity index is 1460. The normalized spacial score (nSPS) is 16.8. The van der Waals surface area contributed by atoms with Gasteiger partial charge >= 0.3 is 0 Å². The summed E-state index contributed by atoms with van der Waals surface area (Å²) in [7, 11) is 2.98. The van der Waals surface area contributed by atoms with E-state index in [1.54, 1.807) is 36.5 Å². The summed E-state index contributed by atoms with van der Waals surface area (Å²) in [6.07, 6.45) is 3.56. The summed E-state index contributed by atoms with van der Waals surface area (Å²) < 4.78 is 27.2. The first-order valence-electron chi connectivity index (χ1n) is 11.9. The van der Waals surface area contributed by atoms with E-state index in [-0.39, 0.29) is 24.4 Å². The number of nitrogens with one attached hydrogen (secondary N) is 2. The highest BCUT2D eigenvalue weighted by molar-refractivity contribution is 7.80. The lowest BCUT2D eigenvalue weighted by molar-refractivity contribution is -0.119. The Hall–Kier alpha value is -4.28. The second-order valence-corrected chi connectivity index (χ2v) is 9.00. The van der Waals surface area contributed by atoms with E-state index < -0.39 is 6.04 Å². The number of thiocarbonyl (C=S) groups is 1. The van der Waals surface area contributed by atoms with Crippen LogP contribution in [0.15, 0.2) is 85.2 Å². The molecule has 5 rings (SSSR count). The van der Waals surface area contributed by atoms with Crippen LogP contribution in [0.2, 0.25) is 0 Å². The number of carbonyl (C=O) groups excluding carboxylic acids is 1. The lowest BCUT2D eigenvalue weighted by Crippen LogP contribution is -2.30. The van der Waals surface area contributed by atoms with Crippen LogP contribution in [0.1, 0.15) is 23.5 Å². The van der Waals surface area contributed by atoms with Gasteiger partial charge in [0.25, 0.3) is 0 Å². The Labute approximate surface area is 225 Å². The van der Waals surface area contributed by atoms with Crippen molar-refractivity contribution in [2.75, 3.05) is 31.0 Å². The number of benzene rings is 2. The van der Waals surface area contributed by atoms with Crippen molar-refractivity contribution >= 4 is 34.6 Å². The minimum absolute atomic E-state index is 0.0996. The van der Waals surface area contributed by atoms with Gasteiger partial charge in [-0.2, -0.15) is 0 Å². The van der Waals surface area contributed by atoms with E-state index in [2.05, 4.69) is 15.6 Å². The van der Waals surface area contributed by atoms with E-state index in [1.165, 1.54) is 20.3 Å². The molecule has 2 aromatic carbocycles. The highest BCUT2D eigenvalue weighted by atomic mass is 32.1. The maximum Gasteiger partial charge on any atom is 0.250 e. The lowest BCUT2D eigenvalue weighted by Gasteiger charge is -2.29. The minimum atomic E-state index is -0.400. The highest BCUT2D eigenvalue weighted by Gasteiger charge is 2.42. The Balaban J connectivity index is 1.64. The zero-order valence-electron chi connectivity index (χ0n) is 20.8. The van der Waals surface area contributed by atoms with Crippen LogP contribution in [-0.4, -0.2) is 41.4 Å². The van der Waals surface area contributed by atoms with E-state index in [1.807, 2.05) is 52.1 Å². The molecule has 0 spiro atoms. The Morgan fingerprint density at radius 1 is 1.11 bits per heavy atom. The summed E-state index contributed by atoms with van der Waals surface area (Å²) in [6, 6.07) is 20.8. The molecule has 4 aromatic rings. The van der Waals surface area contributed by atoms with Gasteiger partial charge in [0.1, 0.15) is 24.2 Å². The quantitative estimate of drug-likeness (QED) is 0.317. The summed E-state index contributed by atoms with van der Waals surface area (Å²) in [5.41, 5.74) is 3.19. The average molecular weight is 532 g/mol. The van der Waals surface area contributed by atoms with Gasteiger partial charge in [-0.05, 0) is 66.8 Å². The van der Waals surface area contributed by atoms with Crippen LogP contribution < -0.4 is 20.3 Å². The number of ether oxygens (including phenoxy) is 2. The van der Waals surface area contributed by atoms with Gasteiger partial charge in [0.2, 0.25) is 5.91 Å². The van der Waals surface area contributed by atoms with Crippen LogP contribution in [0.4, 0.5) is 15.8 Å². The number of amides is 1. The Morgan fingerprint density at radius 2 is 1.92 bits per heavy atom. The van der Waals surface area contributed by atoms with Crippen molar-refractivity contribution in [1.29, 1.82) is 0 Å². The molecule has 2 atom stereocenters. The molecule has 2 N–H and O–H groups in total. The van der Waals surface area contributed by atoms with Crippen molar-refractivity contribution in [2.45, 2.75) is 12.1 Å². The van der Waals surface area contributed by atoms with Crippen LogP contribution in [0.3, 0.4) is 0 Å². The van der Waals surface area contributed by atoms with Crippen molar-refractivity contribution in [1.82, 2.24) is 14.9 Å². The number of carbonyl (C=O) groups is 1. The van der Waals surface area contributed by atoms with Crippen molar-refractivity contribution < 1.29 is 18.7 Å². The summed E-state index contributed by atoms with van der Waals surface area (Å²) in [4.78, 5) is 18.8. The standard InChI is InChI=1S/C28H26FN5O3S/c1-36-17-25(35)31-21-16-18(12-13-24(21)37-2)34-27(26(32-28(34)38)20-9-5-6-14-30-20)23-11-7-15-33(23)22-10-4-3-8-19(22)29/h3-16,26-27H,17H2,1-2H3,(H,31,35)(H,32,38)/t26-,27+/m1/s1. The number of nitrogens with zero attached hydrogens (tertiary/aromatic N) is 3. The molecule has 1 amide bonds. The third-order valence-corrected chi connectivity index (χ3v) is 6.62. The van der Waals surface area contributed by atoms with E-state index in [4.69, 9.17) is 21.7 Å². The van der Waals surface area contributed by atoms with Gasteiger partial charge < -0.3 is 29.6 Å². The summed E-state index contributed by atoms with van der Waals surface area (Å²) in [5, 5.41) is 6.70. The van der Waals surface area contributed by atoms with E-state index in [9.17, 15) is 9.18 Å². The zero-order valence-corrected chi connectivity index (χ0v) is 21.6. The molecule has 1 fully saturated rings. The molecule has 1 aliphatic rings. The highest BCUT2D eigenvalue weighted by Crippen LogP contribution is 2.44. The summed E-state index contributed by atoms with van der Waals surface area (Å²) >= 11 is 5.84. The molecule has 194 valence electrons. The molecule has 2 aromatic heterocycles. The van der Waals surface area contributed by atoms with Gasteiger partial charge in [0.15, 0.2) is 5.11 Å². The third-order valence-electron chi connectivity index (χ3n) is 6.30. The van der Waals surface area contributed by atoms with Gasteiger partial charge in [-0.15, -0.1) is 0 Å². The number of anilines is 2. The van der Waals surface area contributed by atoms with E-state index in [0.717, 1.165) is 11.4 Å². The molecule has 0 saturated carbocycles. The maximum absolute atomic E-state index is 14.9. The van der Waals surface area contributed by atoms with Gasteiger partial charge in [0, 0.05) is 30.9 Å². The second-order valence-electron chi connectivity index (χ2n) is 8.62. The predicted octanol–water partition coefficient (Wildman–Crippen LogP) is 4.78. The Morgan fingerprint density at radius 3 is 2.66 bits per heavy atom.